The molecule has 0 N–H and O–H groups in total. The van der Waals surface area contributed by atoms with E-state index in [1.807, 2.05) is 0 Å². The standard InChI is InChI=1S/Ca.Fe.4O.Ti/q2*+2;4*-1;. The van der Waals surface area contributed by atoms with Crippen LogP contribution in [-0.2, 0) is 35.2 Å². The average Bonchev–Trinajstić information content (AvgIpc) is 0.722. The van der Waals surface area contributed by atoms with Gasteiger partial charge in [-0.15, -0.1) is 0 Å². The third kappa shape index (κ3) is 61.4. The predicted molar refractivity (Wildman–Crippen MR) is 5.75 cm³/mol. The Labute approximate surface area is 86.3 Å². The molecule has 7 heavy (non-hydrogen) atoms. The molecule has 0 aliphatic rings. The van der Waals surface area contributed by atoms with E-state index in [0.29, 0.717) is 0 Å². The molecule has 0 amide bonds. The predicted octanol–water partition coefficient (Wildman–Crippen LogP) is -5.14. The second-order valence-corrected chi connectivity index (χ2v) is 2.06. The number of rotatable bonds is 0. The van der Waals surface area contributed by atoms with Crippen molar-refractivity contribution in [2.45, 2.75) is 0 Å². The van der Waals surface area contributed by atoms with Gasteiger partial charge in [0.25, 0.3) is 0 Å². The summed E-state index contributed by atoms with van der Waals surface area (Å²) in [6, 6.07) is 0. The molecule has 0 aliphatic heterocycles. The first kappa shape index (κ1) is 16.2. The van der Waals surface area contributed by atoms with Crippen molar-refractivity contribution >= 4 is 37.7 Å². The van der Waals surface area contributed by atoms with E-state index in [-0.39, 0.29) is 54.8 Å². The summed E-state index contributed by atoms with van der Waals surface area (Å²) in [5, 5.41) is 0. The van der Waals surface area contributed by atoms with Crippen molar-refractivity contribution in [1.82, 2.24) is 0 Å². The molecule has 0 heterocycles. The first-order chi connectivity index (χ1) is 2.00. The second kappa shape index (κ2) is 6.45. The van der Waals surface area contributed by atoms with E-state index >= 15 is 0 Å². The molecule has 0 atom stereocenters. The molecular weight excluding hydrogens is 208 g/mol. The molecule has 0 saturated carbocycles. The zero-order chi connectivity index (χ0) is 4.50. The summed E-state index contributed by atoms with van der Waals surface area (Å²) in [5.74, 6) is 0. The molecule has 0 aromatic carbocycles. The van der Waals surface area contributed by atoms with Crippen LogP contribution in [0.3, 0.4) is 0 Å². The normalized spacial score (nSPS) is 8.57. The van der Waals surface area contributed by atoms with Gasteiger partial charge in [-0.25, -0.2) is 0 Å². The molecular formula is CaFeO4Ti. The Kier molecular flexibility index (Phi) is 14.9. The van der Waals surface area contributed by atoms with Gasteiger partial charge in [0, 0.05) is 0 Å². The van der Waals surface area contributed by atoms with Crippen LogP contribution < -0.4 is 14.8 Å². The van der Waals surface area contributed by atoms with Crippen LogP contribution in [0.5, 0.6) is 0 Å². The Balaban J connectivity index is -0.0000000800. The van der Waals surface area contributed by atoms with Gasteiger partial charge in [-0.2, -0.15) is 0 Å². The molecule has 0 bridgehead atoms. The van der Waals surface area contributed by atoms with Crippen molar-refractivity contribution in [3.63, 3.8) is 0 Å². The van der Waals surface area contributed by atoms with Crippen LogP contribution in [0.2, 0.25) is 0 Å². The van der Waals surface area contributed by atoms with Crippen molar-refractivity contribution in [3.05, 3.63) is 0 Å². The third-order valence-corrected chi connectivity index (χ3v) is 0. The fraction of sp³-hybridized carbons (Fsp3) is 0. The summed E-state index contributed by atoms with van der Waals surface area (Å²) in [7, 11) is 0. The zero-order valence-corrected chi connectivity index (χ0v) is 8.07. The molecule has 0 aromatic rings. The molecule has 0 fully saturated rings. The minimum atomic E-state index is -6.00. The van der Waals surface area contributed by atoms with Crippen molar-refractivity contribution in [2.24, 2.45) is 0 Å². The molecule has 7 heteroatoms. The van der Waals surface area contributed by atoms with Gasteiger partial charge < -0.3 is 0 Å². The SMILES string of the molecule is [Ca+2].[Fe+2].[O-][Ti]([O-])([O-])[O-]. The number of hydrogen-bond donors (Lipinski definition) is 0. The van der Waals surface area contributed by atoms with Crippen LogP contribution in [0.15, 0.2) is 0 Å². The van der Waals surface area contributed by atoms with E-state index in [9.17, 15) is 0 Å². The fourth-order valence-electron chi connectivity index (χ4n) is 0. The van der Waals surface area contributed by atoms with E-state index < -0.39 is 18.1 Å². The topological polar surface area (TPSA) is 92.2 Å². The van der Waals surface area contributed by atoms with Crippen molar-refractivity contribution in [2.75, 3.05) is 0 Å². The van der Waals surface area contributed by atoms with Gasteiger partial charge in [-0.1, -0.05) is 0 Å². The maximum absolute atomic E-state index is 8.62. The van der Waals surface area contributed by atoms with Crippen LogP contribution >= 0.6 is 0 Å². The Bertz CT molecular complexity index is 27.2. The third-order valence-electron chi connectivity index (χ3n) is 0. The maximum atomic E-state index is 8.62. The molecule has 38 valence electrons. The first-order valence-corrected chi connectivity index (χ1v) is 3.37. The van der Waals surface area contributed by atoms with Crippen LogP contribution in [0.25, 0.3) is 0 Å². The minimum absolute atomic E-state index is 0. The Hall–Kier alpha value is 2.33. The van der Waals surface area contributed by atoms with Gasteiger partial charge in [0.2, 0.25) is 0 Å². The van der Waals surface area contributed by atoms with E-state index in [4.69, 9.17) is 14.8 Å². The van der Waals surface area contributed by atoms with Crippen LogP contribution in [0.1, 0.15) is 0 Å². The Morgan fingerprint density at radius 3 is 0.857 bits per heavy atom. The van der Waals surface area contributed by atoms with Gasteiger partial charge in [-0.05, 0) is 0 Å². The summed E-state index contributed by atoms with van der Waals surface area (Å²) < 4.78 is 34.5. The van der Waals surface area contributed by atoms with Gasteiger partial charge in [0.15, 0.2) is 0 Å². The summed E-state index contributed by atoms with van der Waals surface area (Å²) in [4.78, 5) is 0. The quantitative estimate of drug-likeness (QED) is 0.372. The molecule has 0 rings (SSSR count). The molecule has 0 unspecified atom stereocenters. The fourth-order valence-corrected chi connectivity index (χ4v) is 0. The molecule has 4 nitrogen and oxygen atoms in total. The van der Waals surface area contributed by atoms with E-state index in [0.717, 1.165) is 0 Å². The molecule has 0 aliphatic carbocycles. The summed E-state index contributed by atoms with van der Waals surface area (Å²) >= 11 is -6.00. The van der Waals surface area contributed by atoms with Gasteiger partial charge in [0.05, 0.1) is 0 Å². The van der Waals surface area contributed by atoms with Crippen molar-refractivity contribution in [3.8, 4) is 0 Å². The first-order valence-electron chi connectivity index (χ1n) is 0.816. The van der Waals surface area contributed by atoms with E-state index in [1.165, 1.54) is 0 Å². The Morgan fingerprint density at radius 2 is 0.857 bits per heavy atom. The molecule has 0 radical (unpaired) electrons. The van der Waals surface area contributed by atoms with E-state index in [1.54, 1.807) is 0 Å². The Morgan fingerprint density at radius 1 is 0.857 bits per heavy atom. The number of hydrogen-bond acceptors (Lipinski definition) is 4. The zero-order valence-electron chi connectivity index (χ0n) is 3.19. The van der Waals surface area contributed by atoms with Crippen LogP contribution in [0, 0.1) is 0 Å². The average molecular weight is 208 g/mol. The summed E-state index contributed by atoms with van der Waals surface area (Å²) in [6.07, 6.45) is 0. The molecule has 0 saturated heterocycles. The van der Waals surface area contributed by atoms with Gasteiger partial charge in [-0.3, -0.25) is 0 Å². The van der Waals surface area contributed by atoms with Crippen molar-refractivity contribution in [1.29, 1.82) is 0 Å². The second-order valence-electron chi connectivity index (χ2n) is 0.500. The van der Waals surface area contributed by atoms with Crippen LogP contribution in [0.4, 0.5) is 0 Å². The molecule has 0 aromatic heterocycles. The van der Waals surface area contributed by atoms with Gasteiger partial charge in [0.1, 0.15) is 0 Å². The van der Waals surface area contributed by atoms with Crippen molar-refractivity contribution < 1.29 is 50.0 Å². The van der Waals surface area contributed by atoms with E-state index in [2.05, 4.69) is 0 Å². The monoisotopic (exact) mass is 208 g/mol. The molecule has 0 spiro atoms. The van der Waals surface area contributed by atoms with Gasteiger partial charge >= 0.3 is 87.7 Å². The van der Waals surface area contributed by atoms with Crippen LogP contribution in [-0.4, -0.2) is 37.7 Å². The summed E-state index contributed by atoms with van der Waals surface area (Å²) in [5.41, 5.74) is 0. The summed E-state index contributed by atoms with van der Waals surface area (Å²) in [6.45, 7) is 0.